The highest BCUT2D eigenvalue weighted by molar-refractivity contribution is 9.10. The largest absolute Gasteiger partial charge is 0.381 e. The van der Waals surface area contributed by atoms with E-state index in [9.17, 15) is 10.1 Å². The van der Waals surface area contributed by atoms with Crippen LogP contribution < -0.4 is 5.32 Å². The summed E-state index contributed by atoms with van der Waals surface area (Å²) in [5.41, 5.74) is 0.846. The van der Waals surface area contributed by atoms with Crippen molar-refractivity contribution < 1.29 is 9.66 Å². The molecule has 2 unspecified atom stereocenters. The molecule has 1 N–H and O–H groups in total. The van der Waals surface area contributed by atoms with Gasteiger partial charge in [0, 0.05) is 35.2 Å². The molecule has 1 aliphatic rings. The van der Waals surface area contributed by atoms with E-state index < -0.39 is 0 Å². The summed E-state index contributed by atoms with van der Waals surface area (Å²) in [4.78, 5) is 10.4. The van der Waals surface area contributed by atoms with Gasteiger partial charge in [0.2, 0.25) is 0 Å². The second-order valence-electron chi connectivity index (χ2n) is 4.48. The number of nitrogens with zero attached hydrogens (tertiary/aromatic N) is 1. The van der Waals surface area contributed by atoms with Gasteiger partial charge in [0.1, 0.15) is 0 Å². The lowest BCUT2D eigenvalue weighted by molar-refractivity contribution is -0.384. The number of nitrogens with one attached hydrogen (secondary N) is 1. The molecule has 0 saturated carbocycles. The molecule has 1 saturated heterocycles. The average Bonchev–Trinajstić information content (AvgIpc) is 2.85. The van der Waals surface area contributed by atoms with Crippen LogP contribution in [0.1, 0.15) is 13.3 Å². The molecule has 0 amide bonds. The van der Waals surface area contributed by atoms with E-state index in [0.717, 1.165) is 29.8 Å². The normalized spacial score (nSPS) is 20.7. The molecule has 1 heterocycles. The number of hydrogen-bond acceptors (Lipinski definition) is 4. The number of non-ortho nitro benzene ring substituents is 1. The Kier molecular flexibility index (Phi) is 4.19. The molecule has 1 aromatic rings. The number of ether oxygens (including phenoxy) is 1. The molecule has 1 aliphatic heterocycles. The van der Waals surface area contributed by atoms with E-state index in [2.05, 4.69) is 28.2 Å². The van der Waals surface area contributed by atoms with Crippen molar-refractivity contribution >= 4 is 27.3 Å². The quantitative estimate of drug-likeness (QED) is 0.684. The Balaban J connectivity index is 2.12. The van der Waals surface area contributed by atoms with Gasteiger partial charge in [-0.1, -0.05) is 0 Å². The first-order valence-corrected chi connectivity index (χ1v) is 6.65. The van der Waals surface area contributed by atoms with Crippen LogP contribution in [-0.2, 0) is 4.74 Å². The summed E-state index contributed by atoms with van der Waals surface area (Å²) in [5, 5.41) is 14.1. The number of hydrogen-bond donors (Lipinski definition) is 1. The molecule has 5 nitrogen and oxygen atoms in total. The van der Waals surface area contributed by atoms with Crippen molar-refractivity contribution in [3.05, 3.63) is 32.8 Å². The molecule has 0 aliphatic carbocycles. The van der Waals surface area contributed by atoms with Gasteiger partial charge in [0.05, 0.1) is 17.2 Å². The van der Waals surface area contributed by atoms with E-state index in [1.54, 1.807) is 12.1 Å². The third-order valence-corrected chi connectivity index (χ3v) is 3.91. The van der Waals surface area contributed by atoms with E-state index in [4.69, 9.17) is 4.74 Å². The minimum absolute atomic E-state index is 0.0931. The van der Waals surface area contributed by atoms with Crippen molar-refractivity contribution in [3.63, 3.8) is 0 Å². The lowest BCUT2D eigenvalue weighted by atomic mass is 10.0. The van der Waals surface area contributed by atoms with Crippen molar-refractivity contribution in [2.75, 3.05) is 18.5 Å². The lowest BCUT2D eigenvalue weighted by Crippen LogP contribution is -2.26. The summed E-state index contributed by atoms with van der Waals surface area (Å²) < 4.78 is 6.18. The Bertz CT molecular complexity index is 447. The van der Waals surface area contributed by atoms with Crippen molar-refractivity contribution in [1.29, 1.82) is 0 Å². The predicted molar refractivity (Wildman–Crippen MR) is 72.8 cm³/mol. The standard InChI is InChI=1S/C12H15BrN2O3/c1-8(9-4-5-18-7-9)14-12-6-10(15(16)17)2-3-11(12)13/h2-3,6,8-9,14H,4-5,7H2,1H3. The van der Waals surface area contributed by atoms with Crippen molar-refractivity contribution in [2.45, 2.75) is 19.4 Å². The first-order valence-electron chi connectivity index (χ1n) is 5.86. The van der Waals surface area contributed by atoms with Crippen LogP contribution in [0.3, 0.4) is 0 Å². The van der Waals surface area contributed by atoms with Crippen LogP contribution in [0.25, 0.3) is 0 Å². The van der Waals surface area contributed by atoms with Gasteiger partial charge in [0.25, 0.3) is 5.69 Å². The zero-order valence-corrected chi connectivity index (χ0v) is 11.6. The van der Waals surface area contributed by atoms with Gasteiger partial charge in [0.15, 0.2) is 0 Å². The summed E-state index contributed by atoms with van der Waals surface area (Å²) in [6.07, 6.45) is 1.03. The molecule has 0 spiro atoms. The van der Waals surface area contributed by atoms with E-state index in [0.29, 0.717) is 5.92 Å². The van der Waals surface area contributed by atoms with Gasteiger partial charge in [-0.15, -0.1) is 0 Å². The monoisotopic (exact) mass is 314 g/mol. The average molecular weight is 315 g/mol. The third-order valence-electron chi connectivity index (χ3n) is 3.22. The molecular weight excluding hydrogens is 300 g/mol. The van der Waals surface area contributed by atoms with Gasteiger partial charge < -0.3 is 10.1 Å². The highest BCUT2D eigenvalue weighted by atomic mass is 79.9. The number of halogens is 1. The summed E-state index contributed by atoms with van der Waals surface area (Å²) in [5.74, 6) is 0.455. The summed E-state index contributed by atoms with van der Waals surface area (Å²) in [6.45, 7) is 3.62. The summed E-state index contributed by atoms with van der Waals surface area (Å²) >= 11 is 3.40. The van der Waals surface area contributed by atoms with E-state index in [1.165, 1.54) is 6.07 Å². The fourth-order valence-electron chi connectivity index (χ4n) is 2.05. The molecule has 18 heavy (non-hydrogen) atoms. The minimum atomic E-state index is -0.388. The molecule has 1 aromatic carbocycles. The maximum absolute atomic E-state index is 10.7. The zero-order valence-electron chi connectivity index (χ0n) is 10.1. The zero-order chi connectivity index (χ0) is 13.1. The molecule has 0 bridgehead atoms. The summed E-state index contributed by atoms with van der Waals surface area (Å²) in [7, 11) is 0. The van der Waals surface area contributed by atoms with Gasteiger partial charge in [-0.2, -0.15) is 0 Å². The van der Waals surface area contributed by atoms with Crippen LogP contribution in [0, 0.1) is 16.0 Å². The Hall–Kier alpha value is -1.14. The Labute approximate surface area is 114 Å². The third kappa shape index (κ3) is 3.00. The number of anilines is 1. The second kappa shape index (κ2) is 5.67. The molecule has 1 fully saturated rings. The number of nitro benzene ring substituents is 1. The first kappa shape index (κ1) is 13.3. The van der Waals surface area contributed by atoms with E-state index in [-0.39, 0.29) is 16.7 Å². The van der Waals surface area contributed by atoms with Crippen molar-refractivity contribution in [2.24, 2.45) is 5.92 Å². The van der Waals surface area contributed by atoms with E-state index in [1.807, 2.05) is 0 Å². The van der Waals surface area contributed by atoms with E-state index >= 15 is 0 Å². The topological polar surface area (TPSA) is 64.4 Å². The molecule has 2 atom stereocenters. The smallest absolute Gasteiger partial charge is 0.271 e. The van der Waals surface area contributed by atoms with Gasteiger partial charge >= 0.3 is 0 Å². The number of nitro groups is 1. The van der Waals surface area contributed by atoms with Crippen LogP contribution >= 0.6 is 15.9 Å². The Morgan fingerprint density at radius 2 is 2.39 bits per heavy atom. The molecule has 2 rings (SSSR count). The molecule has 0 radical (unpaired) electrons. The summed E-state index contributed by atoms with van der Waals surface area (Å²) in [6, 6.07) is 4.96. The SMILES string of the molecule is CC(Nc1cc([N+](=O)[O-])ccc1Br)C1CCOC1. The van der Waals surface area contributed by atoms with Crippen LogP contribution in [0.4, 0.5) is 11.4 Å². The van der Waals surface area contributed by atoms with Crippen LogP contribution in [0.2, 0.25) is 0 Å². The number of rotatable bonds is 4. The fraction of sp³-hybridized carbons (Fsp3) is 0.500. The van der Waals surface area contributed by atoms with Crippen LogP contribution in [0.5, 0.6) is 0 Å². The molecule has 6 heteroatoms. The maximum atomic E-state index is 10.7. The van der Waals surface area contributed by atoms with Crippen LogP contribution in [0.15, 0.2) is 22.7 Å². The highest BCUT2D eigenvalue weighted by Crippen LogP contribution is 2.29. The minimum Gasteiger partial charge on any atom is -0.381 e. The lowest BCUT2D eigenvalue weighted by Gasteiger charge is -2.21. The molecule has 0 aromatic heterocycles. The van der Waals surface area contributed by atoms with Crippen molar-refractivity contribution in [1.82, 2.24) is 0 Å². The maximum Gasteiger partial charge on any atom is 0.271 e. The Morgan fingerprint density at radius 3 is 3.00 bits per heavy atom. The first-order chi connectivity index (χ1) is 8.58. The van der Waals surface area contributed by atoms with Gasteiger partial charge in [-0.25, -0.2) is 0 Å². The number of benzene rings is 1. The fourth-order valence-corrected chi connectivity index (χ4v) is 2.41. The Morgan fingerprint density at radius 1 is 1.61 bits per heavy atom. The highest BCUT2D eigenvalue weighted by Gasteiger charge is 2.23. The van der Waals surface area contributed by atoms with Crippen LogP contribution in [-0.4, -0.2) is 24.2 Å². The van der Waals surface area contributed by atoms with Gasteiger partial charge in [-0.05, 0) is 35.3 Å². The second-order valence-corrected chi connectivity index (χ2v) is 5.33. The van der Waals surface area contributed by atoms with Gasteiger partial charge in [-0.3, -0.25) is 10.1 Å². The van der Waals surface area contributed by atoms with Crippen molar-refractivity contribution in [3.8, 4) is 0 Å². The molecule has 98 valence electrons. The molecular formula is C12H15BrN2O3. The predicted octanol–water partition coefficient (Wildman–Crippen LogP) is 3.19.